The van der Waals surface area contributed by atoms with E-state index in [-0.39, 0.29) is 5.41 Å². The summed E-state index contributed by atoms with van der Waals surface area (Å²) < 4.78 is 5.55. The van der Waals surface area contributed by atoms with Gasteiger partial charge in [-0.05, 0) is 17.7 Å². The van der Waals surface area contributed by atoms with E-state index in [2.05, 4.69) is 25.8 Å². The second-order valence-electron chi connectivity index (χ2n) is 4.39. The Bertz CT molecular complexity index is 276. The van der Waals surface area contributed by atoms with Gasteiger partial charge in [0.1, 0.15) is 0 Å². The summed E-state index contributed by atoms with van der Waals surface area (Å²) in [5, 5.41) is 0. The molecule has 1 rings (SSSR count). The molecule has 2 nitrogen and oxygen atoms in total. The van der Waals surface area contributed by atoms with Crippen LogP contribution in [0.1, 0.15) is 20.8 Å². The lowest BCUT2D eigenvalue weighted by atomic mass is 9.99. The van der Waals surface area contributed by atoms with E-state index in [1.807, 2.05) is 24.6 Å². The Balaban J connectivity index is 2.52. The highest BCUT2D eigenvalue weighted by molar-refractivity contribution is 7.98. The maximum absolute atomic E-state index is 5.55. The van der Waals surface area contributed by atoms with Crippen molar-refractivity contribution in [1.82, 2.24) is 4.98 Å². The predicted molar refractivity (Wildman–Crippen MR) is 61.0 cm³/mol. The molecule has 0 fully saturated rings. The first-order chi connectivity index (χ1) is 6.51. The molecule has 0 unspecified atom stereocenters. The summed E-state index contributed by atoms with van der Waals surface area (Å²) in [6.07, 6.45) is 3.87. The van der Waals surface area contributed by atoms with Crippen LogP contribution in [-0.2, 0) is 0 Å². The zero-order valence-corrected chi connectivity index (χ0v) is 10.0. The number of nitrogens with zero attached hydrogens (tertiary/aromatic N) is 1. The molecule has 0 aliphatic heterocycles. The van der Waals surface area contributed by atoms with Gasteiger partial charge >= 0.3 is 0 Å². The van der Waals surface area contributed by atoms with Gasteiger partial charge in [0.05, 0.1) is 6.61 Å². The summed E-state index contributed by atoms with van der Waals surface area (Å²) in [7, 11) is 0. The maximum Gasteiger partial charge on any atom is 0.213 e. The fraction of sp³-hybridized carbons (Fsp3) is 0.545. The van der Waals surface area contributed by atoms with Crippen LogP contribution in [0.25, 0.3) is 0 Å². The van der Waals surface area contributed by atoms with E-state index in [1.165, 1.54) is 0 Å². The molecule has 0 N–H and O–H groups in total. The number of aromatic nitrogens is 1. The molecule has 0 amide bonds. The van der Waals surface area contributed by atoms with E-state index < -0.39 is 0 Å². The number of rotatable bonds is 3. The minimum absolute atomic E-state index is 0.180. The normalized spacial score (nSPS) is 11.4. The average molecular weight is 211 g/mol. The number of hydrogen-bond donors (Lipinski definition) is 0. The minimum atomic E-state index is 0.180. The lowest BCUT2D eigenvalue weighted by Gasteiger charge is -2.18. The molecular formula is C11H17NOS. The van der Waals surface area contributed by atoms with E-state index >= 15 is 0 Å². The molecule has 78 valence electrons. The van der Waals surface area contributed by atoms with Crippen LogP contribution in [0.2, 0.25) is 0 Å². The minimum Gasteiger partial charge on any atom is -0.477 e. The summed E-state index contributed by atoms with van der Waals surface area (Å²) in [5.74, 6) is 0.706. The molecule has 14 heavy (non-hydrogen) atoms. The fourth-order valence-electron chi connectivity index (χ4n) is 0.863. The molecule has 0 bridgehead atoms. The molecule has 0 radical (unpaired) electrons. The van der Waals surface area contributed by atoms with Crippen molar-refractivity contribution in [3.05, 3.63) is 18.3 Å². The fourth-order valence-corrected chi connectivity index (χ4v) is 1.23. The quantitative estimate of drug-likeness (QED) is 0.717. The van der Waals surface area contributed by atoms with E-state index in [4.69, 9.17) is 4.74 Å². The highest BCUT2D eigenvalue weighted by Crippen LogP contribution is 2.18. The van der Waals surface area contributed by atoms with Crippen molar-refractivity contribution in [2.24, 2.45) is 5.41 Å². The van der Waals surface area contributed by atoms with Crippen molar-refractivity contribution >= 4 is 11.8 Å². The summed E-state index contributed by atoms with van der Waals surface area (Å²) in [6.45, 7) is 7.12. The molecule has 1 aromatic rings. The molecule has 0 saturated carbocycles. The number of pyridine rings is 1. The van der Waals surface area contributed by atoms with Gasteiger partial charge in [-0.15, -0.1) is 11.8 Å². The first-order valence-electron chi connectivity index (χ1n) is 4.64. The monoisotopic (exact) mass is 211 g/mol. The highest BCUT2D eigenvalue weighted by Gasteiger charge is 2.11. The van der Waals surface area contributed by atoms with Crippen molar-refractivity contribution in [3.8, 4) is 5.88 Å². The lowest BCUT2D eigenvalue weighted by molar-refractivity contribution is 0.191. The zero-order chi connectivity index (χ0) is 10.6. The van der Waals surface area contributed by atoms with Gasteiger partial charge in [-0.2, -0.15) is 0 Å². The third-order valence-corrected chi connectivity index (χ3v) is 2.31. The van der Waals surface area contributed by atoms with Gasteiger partial charge in [-0.1, -0.05) is 20.8 Å². The molecule has 1 aromatic heterocycles. The Morgan fingerprint density at radius 2 is 2.07 bits per heavy atom. The van der Waals surface area contributed by atoms with Crippen molar-refractivity contribution in [3.63, 3.8) is 0 Å². The molecule has 3 heteroatoms. The molecular weight excluding hydrogens is 194 g/mol. The summed E-state index contributed by atoms with van der Waals surface area (Å²) >= 11 is 1.68. The summed E-state index contributed by atoms with van der Waals surface area (Å²) in [5.41, 5.74) is 0.180. The third-order valence-electron chi connectivity index (χ3n) is 1.60. The van der Waals surface area contributed by atoms with Gasteiger partial charge in [0.25, 0.3) is 0 Å². The standard InChI is InChI=1S/C11H17NOS/c1-11(2,3)8-13-10-6-5-9(14-4)7-12-10/h5-7H,8H2,1-4H3. The average Bonchev–Trinajstić information content (AvgIpc) is 2.14. The molecule has 1 heterocycles. The summed E-state index contributed by atoms with van der Waals surface area (Å²) in [4.78, 5) is 5.37. The van der Waals surface area contributed by atoms with Gasteiger partial charge in [0.15, 0.2) is 0 Å². The second-order valence-corrected chi connectivity index (χ2v) is 5.27. The third kappa shape index (κ3) is 4.01. The van der Waals surface area contributed by atoms with Crippen molar-refractivity contribution < 1.29 is 4.74 Å². The zero-order valence-electron chi connectivity index (χ0n) is 9.20. The number of thioether (sulfide) groups is 1. The molecule has 0 atom stereocenters. The van der Waals surface area contributed by atoms with E-state index in [0.717, 1.165) is 4.90 Å². The van der Waals surface area contributed by atoms with Gasteiger partial charge in [0, 0.05) is 17.2 Å². The van der Waals surface area contributed by atoms with Gasteiger partial charge in [-0.3, -0.25) is 0 Å². The van der Waals surface area contributed by atoms with Crippen LogP contribution in [0.5, 0.6) is 5.88 Å². The van der Waals surface area contributed by atoms with Gasteiger partial charge < -0.3 is 4.74 Å². The first-order valence-corrected chi connectivity index (χ1v) is 5.86. The van der Waals surface area contributed by atoms with Crippen LogP contribution in [-0.4, -0.2) is 17.8 Å². The highest BCUT2D eigenvalue weighted by atomic mass is 32.2. The van der Waals surface area contributed by atoms with Crippen molar-refractivity contribution in [2.75, 3.05) is 12.9 Å². The van der Waals surface area contributed by atoms with Crippen LogP contribution < -0.4 is 4.74 Å². The smallest absolute Gasteiger partial charge is 0.213 e. The largest absolute Gasteiger partial charge is 0.477 e. The SMILES string of the molecule is CSc1ccc(OCC(C)(C)C)nc1. The van der Waals surface area contributed by atoms with Gasteiger partial charge in [-0.25, -0.2) is 4.98 Å². The summed E-state index contributed by atoms with van der Waals surface area (Å²) in [6, 6.07) is 3.94. The van der Waals surface area contributed by atoms with Crippen LogP contribution in [0.4, 0.5) is 0 Å². The van der Waals surface area contributed by atoms with Crippen LogP contribution in [0.15, 0.2) is 23.2 Å². The van der Waals surface area contributed by atoms with Crippen molar-refractivity contribution in [1.29, 1.82) is 0 Å². The Morgan fingerprint density at radius 3 is 2.50 bits per heavy atom. The van der Waals surface area contributed by atoms with E-state index in [0.29, 0.717) is 12.5 Å². The number of hydrogen-bond acceptors (Lipinski definition) is 3. The maximum atomic E-state index is 5.55. The molecule has 0 spiro atoms. The molecule has 0 aliphatic rings. The van der Waals surface area contributed by atoms with Crippen molar-refractivity contribution in [2.45, 2.75) is 25.7 Å². The van der Waals surface area contributed by atoms with E-state index in [9.17, 15) is 0 Å². The Morgan fingerprint density at radius 1 is 1.36 bits per heavy atom. The molecule has 0 aliphatic carbocycles. The first kappa shape index (κ1) is 11.4. The van der Waals surface area contributed by atoms with Crippen LogP contribution in [0, 0.1) is 5.41 Å². The lowest BCUT2D eigenvalue weighted by Crippen LogP contribution is -2.17. The van der Waals surface area contributed by atoms with Crippen LogP contribution >= 0.6 is 11.8 Å². The van der Waals surface area contributed by atoms with E-state index in [1.54, 1.807) is 11.8 Å². The Kier molecular flexibility index (Phi) is 3.81. The predicted octanol–water partition coefficient (Wildman–Crippen LogP) is 3.23. The molecule has 0 saturated heterocycles. The second kappa shape index (κ2) is 4.69. The van der Waals surface area contributed by atoms with Gasteiger partial charge in [0.2, 0.25) is 5.88 Å². The van der Waals surface area contributed by atoms with Crippen LogP contribution in [0.3, 0.4) is 0 Å². The Labute approximate surface area is 90.1 Å². The molecule has 0 aromatic carbocycles. The number of ether oxygens (including phenoxy) is 1. The topological polar surface area (TPSA) is 22.1 Å². The Hall–Kier alpha value is -0.700.